The fourth-order valence-corrected chi connectivity index (χ4v) is 3.30. The zero-order chi connectivity index (χ0) is 23.4. The monoisotopic (exact) mass is 435 g/mol. The number of amides is 3. The highest BCUT2D eigenvalue weighted by atomic mass is 16.4. The fraction of sp³-hybridized carbons (Fsp3) is 0.524. The third-order valence-electron chi connectivity index (χ3n) is 4.73. The number of hydrogen-bond donors (Lipinski definition) is 4. The Kier molecular flexibility index (Phi) is 11.4. The van der Waals surface area contributed by atoms with Crippen LogP contribution in [0.25, 0.3) is 0 Å². The van der Waals surface area contributed by atoms with Gasteiger partial charge in [0, 0.05) is 26.4 Å². The molecule has 0 unspecified atom stereocenters. The lowest BCUT2D eigenvalue weighted by Gasteiger charge is -2.30. The molecule has 10 nitrogen and oxygen atoms in total. The Morgan fingerprint density at radius 1 is 1.16 bits per heavy atom. The molecule has 1 fully saturated rings. The summed E-state index contributed by atoms with van der Waals surface area (Å²) in [7, 11) is 0. The van der Waals surface area contributed by atoms with Gasteiger partial charge in [-0.3, -0.25) is 24.1 Å². The number of hydrogen-bond acceptors (Lipinski definition) is 7. The molecule has 10 heteroatoms. The van der Waals surface area contributed by atoms with Crippen molar-refractivity contribution in [2.75, 3.05) is 19.6 Å². The molecule has 1 heterocycles. The van der Waals surface area contributed by atoms with Crippen LogP contribution in [0, 0.1) is 0 Å². The number of carbonyl (C=O) groups is 4. The molecule has 172 valence electrons. The molecule has 0 radical (unpaired) electrons. The second-order valence-electron chi connectivity index (χ2n) is 7.23. The van der Waals surface area contributed by atoms with Gasteiger partial charge in [-0.05, 0) is 31.4 Å². The van der Waals surface area contributed by atoms with Crippen LogP contribution in [0.2, 0.25) is 0 Å². The van der Waals surface area contributed by atoms with Crippen LogP contribution >= 0.6 is 0 Å². The number of aliphatic carboxylic acids is 1. The lowest BCUT2D eigenvalue weighted by atomic mass is 10.1. The van der Waals surface area contributed by atoms with E-state index in [2.05, 4.69) is 0 Å². The van der Waals surface area contributed by atoms with Gasteiger partial charge in [-0.1, -0.05) is 30.3 Å². The first-order valence-electron chi connectivity index (χ1n) is 10.3. The highest BCUT2D eigenvalue weighted by Gasteiger charge is 2.39. The van der Waals surface area contributed by atoms with Crippen molar-refractivity contribution in [1.29, 1.82) is 0 Å². The zero-order valence-electron chi connectivity index (χ0n) is 17.9. The van der Waals surface area contributed by atoms with Crippen LogP contribution in [0.5, 0.6) is 0 Å². The van der Waals surface area contributed by atoms with Crippen LogP contribution < -0.4 is 17.2 Å². The van der Waals surface area contributed by atoms with E-state index in [1.165, 1.54) is 9.80 Å². The summed E-state index contributed by atoms with van der Waals surface area (Å²) in [6, 6.07) is 7.73. The van der Waals surface area contributed by atoms with Crippen molar-refractivity contribution in [1.82, 2.24) is 9.80 Å². The van der Waals surface area contributed by atoms with E-state index in [1.54, 1.807) is 0 Å². The topological polar surface area (TPSA) is 173 Å². The van der Waals surface area contributed by atoms with Gasteiger partial charge in [-0.15, -0.1) is 0 Å². The summed E-state index contributed by atoms with van der Waals surface area (Å²) in [5.41, 5.74) is 17.7. The average Bonchev–Trinajstić information content (AvgIpc) is 3.22. The van der Waals surface area contributed by atoms with Crippen molar-refractivity contribution < 1.29 is 24.3 Å². The maximum absolute atomic E-state index is 13.2. The Labute approximate surface area is 182 Å². The first-order valence-corrected chi connectivity index (χ1v) is 10.3. The number of likely N-dealkylation sites (tertiary alicyclic amines) is 1. The van der Waals surface area contributed by atoms with E-state index >= 15 is 0 Å². The molecule has 3 amide bonds. The van der Waals surface area contributed by atoms with E-state index in [-0.39, 0.29) is 44.3 Å². The van der Waals surface area contributed by atoms with Gasteiger partial charge in [0.25, 0.3) is 11.9 Å². The summed E-state index contributed by atoms with van der Waals surface area (Å²) in [4.78, 5) is 50.1. The summed E-state index contributed by atoms with van der Waals surface area (Å²) in [5, 5.41) is 7.42. The van der Waals surface area contributed by atoms with Gasteiger partial charge < -0.3 is 27.2 Å². The third kappa shape index (κ3) is 8.44. The molecule has 1 saturated heterocycles. The number of carbonyl (C=O) groups excluding carboxylic acids is 3. The molecule has 1 aliphatic heterocycles. The van der Waals surface area contributed by atoms with Crippen molar-refractivity contribution in [3.05, 3.63) is 35.9 Å². The highest BCUT2D eigenvalue weighted by Crippen LogP contribution is 2.22. The van der Waals surface area contributed by atoms with Gasteiger partial charge in [0.1, 0.15) is 6.04 Å². The smallest absolute Gasteiger partial charge is 0.300 e. The van der Waals surface area contributed by atoms with Crippen molar-refractivity contribution in [3.63, 3.8) is 0 Å². The number of imide groups is 1. The van der Waals surface area contributed by atoms with Gasteiger partial charge in [-0.2, -0.15) is 0 Å². The number of benzene rings is 1. The Morgan fingerprint density at radius 2 is 1.77 bits per heavy atom. The molecule has 0 saturated carbocycles. The zero-order valence-corrected chi connectivity index (χ0v) is 17.9. The van der Waals surface area contributed by atoms with Crippen LogP contribution in [-0.2, 0) is 25.7 Å². The average molecular weight is 436 g/mol. The largest absolute Gasteiger partial charge is 0.481 e. The number of carboxylic acid groups (broad SMARTS) is 1. The quantitative estimate of drug-likeness (QED) is 0.429. The summed E-state index contributed by atoms with van der Waals surface area (Å²) in [5.74, 6) is -1.85. The molecule has 1 aromatic rings. The van der Waals surface area contributed by atoms with Crippen LogP contribution in [0.3, 0.4) is 0 Å². The van der Waals surface area contributed by atoms with E-state index in [9.17, 15) is 14.4 Å². The third-order valence-corrected chi connectivity index (χ3v) is 4.73. The van der Waals surface area contributed by atoms with E-state index in [1.807, 2.05) is 30.3 Å². The Hall–Kier alpha value is -2.82. The second-order valence-corrected chi connectivity index (χ2v) is 7.23. The van der Waals surface area contributed by atoms with Crippen LogP contribution in [0.15, 0.2) is 30.3 Å². The van der Waals surface area contributed by atoms with Gasteiger partial charge in [0.2, 0.25) is 11.8 Å². The molecule has 0 aromatic heterocycles. The first kappa shape index (κ1) is 26.2. The Balaban J connectivity index is 0.00000110. The summed E-state index contributed by atoms with van der Waals surface area (Å²) < 4.78 is 0. The first-order chi connectivity index (χ1) is 14.7. The van der Waals surface area contributed by atoms with Gasteiger partial charge in [-0.25, -0.2) is 0 Å². The SMILES string of the molecule is CC(=O)O.NCCC(=O)N1CCC[C@H]1C(=O)N(Cc1ccccc1)C(=O)[C@@H](N)CCN. The van der Waals surface area contributed by atoms with Gasteiger partial charge >= 0.3 is 0 Å². The van der Waals surface area contributed by atoms with Crippen LogP contribution in [0.4, 0.5) is 0 Å². The number of nitrogens with zero attached hydrogens (tertiary/aromatic N) is 2. The highest BCUT2D eigenvalue weighted by molar-refractivity contribution is 6.01. The fourth-order valence-electron chi connectivity index (χ4n) is 3.30. The van der Waals surface area contributed by atoms with Crippen LogP contribution in [0.1, 0.15) is 38.2 Å². The Morgan fingerprint density at radius 3 is 2.32 bits per heavy atom. The summed E-state index contributed by atoms with van der Waals surface area (Å²) in [6.07, 6.45) is 1.72. The van der Waals surface area contributed by atoms with Crippen molar-refractivity contribution in [2.45, 2.75) is 51.2 Å². The molecule has 1 aliphatic rings. The summed E-state index contributed by atoms with van der Waals surface area (Å²) in [6.45, 7) is 2.18. The minimum atomic E-state index is -0.850. The number of nitrogens with two attached hydrogens (primary N) is 3. The number of rotatable bonds is 8. The second kappa shape index (κ2) is 13.5. The van der Waals surface area contributed by atoms with Crippen molar-refractivity contribution >= 4 is 23.7 Å². The van der Waals surface area contributed by atoms with E-state index in [0.717, 1.165) is 18.9 Å². The summed E-state index contributed by atoms with van der Waals surface area (Å²) >= 11 is 0. The Bertz CT molecular complexity index is 739. The minimum absolute atomic E-state index is 0.117. The lowest BCUT2D eigenvalue weighted by molar-refractivity contribution is -0.152. The molecule has 0 aliphatic carbocycles. The van der Waals surface area contributed by atoms with Crippen molar-refractivity contribution in [3.8, 4) is 0 Å². The van der Waals surface area contributed by atoms with E-state index < -0.39 is 24.0 Å². The molecule has 7 N–H and O–H groups in total. The standard InChI is InChI=1S/C19H29N5O3.C2H4O2/c20-10-8-15(22)18(26)24(13-14-5-2-1-3-6-14)19(27)16-7-4-12-23(16)17(25)9-11-21;1-2(3)4/h1-3,5-6,15-16H,4,7-13,20-22H2;1H3,(H,3,4)/t15-,16-;/m0./s1. The lowest BCUT2D eigenvalue weighted by Crippen LogP contribution is -2.53. The normalized spacial score (nSPS) is 16.1. The molecule has 31 heavy (non-hydrogen) atoms. The van der Waals surface area contributed by atoms with E-state index in [0.29, 0.717) is 13.0 Å². The maximum atomic E-state index is 13.2. The molecule has 0 spiro atoms. The predicted octanol–water partition coefficient (Wildman–Crippen LogP) is -0.351. The van der Waals surface area contributed by atoms with Crippen molar-refractivity contribution in [2.24, 2.45) is 17.2 Å². The molecule has 0 bridgehead atoms. The molecular weight excluding hydrogens is 402 g/mol. The molecule has 1 aromatic carbocycles. The van der Waals surface area contributed by atoms with Gasteiger partial charge in [0.15, 0.2) is 0 Å². The minimum Gasteiger partial charge on any atom is -0.481 e. The predicted molar refractivity (Wildman–Crippen MR) is 115 cm³/mol. The molecular formula is C21H33N5O5. The van der Waals surface area contributed by atoms with E-state index in [4.69, 9.17) is 27.1 Å². The van der Waals surface area contributed by atoms with Gasteiger partial charge in [0.05, 0.1) is 12.6 Å². The molecule has 2 rings (SSSR count). The number of carboxylic acids is 1. The van der Waals surface area contributed by atoms with Crippen LogP contribution in [-0.4, -0.2) is 70.3 Å². The molecule has 2 atom stereocenters. The maximum Gasteiger partial charge on any atom is 0.300 e.